The molecule has 0 saturated carbocycles. The van der Waals surface area contributed by atoms with E-state index < -0.39 is 28.1 Å². The van der Waals surface area contributed by atoms with Gasteiger partial charge in [-0.15, -0.1) is 0 Å². The average Bonchev–Trinajstić information content (AvgIpc) is 2.88. The number of piperidine rings is 1. The van der Waals surface area contributed by atoms with E-state index in [0.717, 1.165) is 0 Å². The summed E-state index contributed by atoms with van der Waals surface area (Å²) in [5.74, 6) is 0.0741. The molecule has 1 amide bonds. The Morgan fingerprint density at radius 1 is 0.971 bits per heavy atom. The van der Waals surface area contributed by atoms with Crippen LogP contribution in [-0.4, -0.2) is 71.9 Å². The highest BCUT2D eigenvalue weighted by Crippen LogP contribution is 2.25. The number of nitrogens with one attached hydrogen (secondary N) is 1. The minimum atomic E-state index is -4.02. The largest absolute Gasteiger partial charge is 0.468 e. The molecule has 2 aromatic rings. The second kappa shape index (κ2) is 12.5. The Morgan fingerprint density at radius 3 is 2.20 bits per heavy atom. The number of sulfonamides is 1. The molecular weight excluding hydrogens is 476 g/mol. The van der Waals surface area contributed by atoms with Crippen LogP contribution in [0.25, 0.3) is 0 Å². The van der Waals surface area contributed by atoms with E-state index in [2.05, 4.69) is 4.72 Å². The lowest BCUT2D eigenvalue weighted by Crippen LogP contribution is -2.50. The molecule has 1 heterocycles. The van der Waals surface area contributed by atoms with Gasteiger partial charge in [-0.2, -0.15) is 4.72 Å². The van der Waals surface area contributed by atoms with Crippen molar-refractivity contribution >= 4 is 22.1 Å². The molecule has 1 atom stereocenters. The quantitative estimate of drug-likeness (QED) is 0.386. The third-order valence-electron chi connectivity index (χ3n) is 5.63. The van der Waals surface area contributed by atoms with Crippen molar-refractivity contribution in [3.05, 3.63) is 54.6 Å². The van der Waals surface area contributed by atoms with Crippen LogP contribution in [0, 0.1) is 5.92 Å². The molecule has 0 aromatic heterocycles. The number of benzene rings is 2. The van der Waals surface area contributed by atoms with Gasteiger partial charge < -0.3 is 23.8 Å². The summed E-state index contributed by atoms with van der Waals surface area (Å²) in [7, 11) is -1.30. The number of para-hydroxylation sites is 1. The van der Waals surface area contributed by atoms with Crippen LogP contribution in [-0.2, 0) is 29.0 Å². The van der Waals surface area contributed by atoms with Gasteiger partial charge in [0.1, 0.15) is 24.1 Å². The van der Waals surface area contributed by atoms with Gasteiger partial charge in [-0.3, -0.25) is 4.79 Å². The van der Waals surface area contributed by atoms with E-state index >= 15 is 0 Å². The molecule has 35 heavy (non-hydrogen) atoms. The highest BCUT2D eigenvalue weighted by Gasteiger charge is 2.36. The number of methoxy groups -OCH3 is 2. The van der Waals surface area contributed by atoms with E-state index in [1.54, 1.807) is 24.3 Å². The van der Waals surface area contributed by atoms with Crippen LogP contribution in [0.1, 0.15) is 12.8 Å². The Labute approximate surface area is 205 Å². The molecule has 0 spiro atoms. The number of carbonyl (C=O) groups excluding carboxylic acids is 2. The molecule has 1 saturated heterocycles. The van der Waals surface area contributed by atoms with E-state index in [1.807, 2.05) is 18.2 Å². The SMILES string of the molecule is COCCOC(=O)N1CCC(C(NS(=O)(=O)c2ccc(Oc3ccccc3)cc2)C(=O)OC)CC1. The maximum absolute atomic E-state index is 13.0. The molecule has 1 aliphatic rings. The van der Waals surface area contributed by atoms with Crippen molar-refractivity contribution in [3.8, 4) is 11.5 Å². The highest BCUT2D eigenvalue weighted by molar-refractivity contribution is 7.89. The van der Waals surface area contributed by atoms with Gasteiger partial charge in [0.2, 0.25) is 10.0 Å². The fourth-order valence-electron chi connectivity index (χ4n) is 3.73. The summed E-state index contributed by atoms with van der Waals surface area (Å²) in [6, 6.07) is 13.9. The number of esters is 1. The van der Waals surface area contributed by atoms with Crippen LogP contribution < -0.4 is 9.46 Å². The molecule has 1 N–H and O–H groups in total. The molecular formula is C24H30N2O8S. The summed E-state index contributed by atoms with van der Waals surface area (Å²) in [6.07, 6.45) is 0.352. The smallest absolute Gasteiger partial charge is 0.409 e. The van der Waals surface area contributed by atoms with Crippen LogP contribution in [0.2, 0.25) is 0 Å². The number of hydrogen-bond acceptors (Lipinski definition) is 8. The normalized spacial score (nSPS) is 15.3. The minimum absolute atomic E-state index is 0.00836. The van der Waals surface area contributed by atoms with Crippen LogP contribution in [0.3, 0.4) is 0 Å². The fourth-order valence-corrected chi connectivity index (χ4v) is 4.98. The van der Waals surface area contributed by atoms with Crippen molar-refractivity contribution in [2.24, 2.45) is 5.92 Å². The molecule has 1 fully saturated rings. The molecule has 1 unspecified atom stereocenters. The molecule has 2 aromatic carbocycles. The standard InChI is InChI=1S/C24H30N2O8S/c1-31-16-17-33-24(28)26-14-12-18(13-15-26)22(23(27)32-2)25-35(29,30)21-10-8-20(9-11-21)34-19-6-4-3-5-7-19/h3-11,18,22,25H,12-17H2,1-2H3. The van der Waals surface area contributed by atoms with Crippen molar-refractivity contribution in [2.75, 3.05) is 40.5 Å². The summed E-state index contributed by atoms with van der Waals surface area (Å²) in [5.41, 5.74) is 0. The topological polar surface area (TPSA) is 120 Å². The molecule has 1 aliphatic heterocycles. The lowest BCUT2D eigenvalue weighted by atomic mass is 9.90. The van der Waals surface area contributed by atoms with Crippen molar-refractivity contribution in [1.82, 2.24) is 9.62 Å². The van der Waals surface area contributed by atoms with E-state index in [0.29, 0.717) is 44.0 Å². The minimum Gasteiger partial charge on any atom is -0.468 e. The zero-order valence-electron chi connectivity index (χ0n) is 19.7. The number of likely N-dealkylation sites (tertiary alicyclic amines) is 1. The van der Waals surface area contributed by atoms with Crippen LogP contribution >= 0.6 is 0 Å². The molecule has 0 bridgehead atoms. The lowest BCUT2D eigenvalue weighted by Gasteiger charge is -2.34. The Morgan fingerprint density at radius 2 is 1.60 bits per heavy atom. The van der Waals surface area contributed by atoms with Crippen molar-refractivity contribution < 1.29 is 37.0 Å². The van der Waals surface area contributed by atoms with E-state index in [9.17, 15) is 18.0 Å². The number of amides is 1. The molecule has 3 rings (SSSR count). The number of ether oxygens (including phenoxy) is 4. The first kappa shape index (κ1) is 26.5. The van der Waals surface area contributed by atoms with Gasteiger partial charge in [0.15, 0.2) is 0 Å². The third-order valence-corrected chi connectivity index (χ3v) is 7.09. The maximum Gasteiger partial charge on any atom is 0.409 e. The summed E-state index contributed by atoms with van der Waals surface area (Å²) in [5, 5.41) is 0. The van der Waals surface area contributed by atoms with Gasteiger partial charge in [-0.05, 0) is 55.2 Å². The van der Waals surface area contributed by atoms with E-state index in [4.69, 9.17) is 18.9 Å². The van der Waals surface area contributed by atoms with Crippen molar-refractivity contribution in [1.29, 1.82) is 0 Å². The Bertz CT molecular complexity index is 1070. The average molecular weight is 507 g/mol. The van der Waals surface area contributed by atoms with Gasteiger partial charge in [-0.25, -0.2) is 13.2 Å². The summed E-state index contributed by atoms with van der Waals surface area (Å²) < 4.78 is 49.1. The summed E-state index contributed by atoms with van der Waals surface area (Å²) in [6.45, 7) is 1.11. The third kappa shape index (κ3) is 7.41. The van der Waals surface area contributed by atoms with Crippen molar-refractivity contribution in [3.63, 3.8) is 0 Å². The molecule has 190 valence electrons. The van der Waals surface area contributed by atoms with Gasteiger partial charge in [0.25, 0.3) is 0 Å². The second-order valence-corrected chi connectivity index (χ2v) is 9.65. The van der Waals surface area contributed by atoms with Crippen LogP contribution in [0.15, 0.2) is 59.5 Å². The molecule has 0 aliphatic carbocycles. The first-order valence-corrected chi connectivity index (χ1v) is 12.7. The predicted molar refractivity (Wildman–Crippen MR) is 127 cm³/mol. The van der Waals surface area contributed by atoms with Gasteiger partial charge >= 0.3 is 12.1 Å². The van der Waals surface area contributed by atoms with Gasteiger partial charge in [0.05, 0.1) is 18.6 Å². The maximum atomic E-state index is 13.0. The summed E-state index contributed by atoms with van der Waals surface area (Å²) in [4.78, 5) is 26.1. The first-order valence-electron chi connectivity index (χ1n) is 11.2. The highest BCUT2D eigenvalue weighted by atomic mass is 32.2. The predicted octanol–water partition coefficient (Wildman–Crippen LogP) is 2.79. The Balaban J connectivity index is 1.63. The first-order chi connectivity index (χ1) is 16.8. The number of rotatable bonds is 10. The van der Waals surface area contributed by atoms with E-state index in [1.165, 1.54) is 31.3 Å². The van der Waals surface area contributed by atoms with Gasteiger partial charge in [-0.1, -0.05) is 18.2 Å². The lowest BCUT2D eigenvalue weighted by molar-refractivity contribution is -0.144. The number of hydrogen-bond donors (Lipinski definition) is 1. The molecule has 10 nitrogen and oxygen atoms in total. The Kier molecular flexibility index (Phi) is 9.47. The second-order valence-electron chi connectivity index (χ2n) is 7.94. The zero-order chi connectivity index (χ0) is 25.3. The van der Waals surface area contributed by atoms with Crippen LogP contribution in [0.4, 0.5) is 4.79 Å². The number of carbonyl (C=O) groups is 2. The van der Waals surface area contributed by atoms with E-state index in [-0.39, 0.29) is 17.4 Å². The van der Waals surface area contributed by atoms with Gasteiger partial charge in [0, 0.05) is 20.2 Å². The van der Waals surface area contributed by atoms with Crippen LogP contribution in [0.5, 0.6) is 11.5 Å². The monoisotopic (exact) mass is 506 g/mol. The summed E-state index contributed by atoms with van der Waals surface area (Å²) >= 11 is 0. The Hall–Kier alpha value is -3.15. The molecule has 0 radical (unpaired) electrons. The number of nitrogens with zero attached hydrogens (tertiary/aromatic N) is 1. The zero-order valence-corrected chi connectivity index (χ0v) is 20.5. The fraction of sp³-hybridized carbons (Fsp3) is 0.417. The molecule has 11 heteroatoms. The van der Waals surface area contributed by atoms with Crippen molar-refractivity contribution in [2.45, 2.75) is 23.8 Å².